The molecular weight excluding hydrogens is 356 g/mol. The van der Waals surface area contributed by atoms with E-state index in [1.165, 1.54) is 34.0 Å². The summed E-state index contributed by atoms with van der Waals surface area (Å²) < 4.78 is 6.29. The monoisotopic (exact) mass is 378 g/mol. The van der Waals surface area contributed by atoms with Gasteiger partial charge in [0.25, 0.3) is 11.5 Å². The van der Waals surface area contributed by atoms with E-state index in [2.05, 4.69) is 4.98 Å². The van der Waals surface area contributed by atoms with Crippen LogP contribution in [-0.2, 0) is 16.1 Å². The molecule has 0 aliphatic rings. The number of nitrogens with two attached hydrogens (primary N) is 1. The first-order chi connectivity index (χ1) is 12.5. The molecule has 0 saturated heterocycles. The molecule has 0 saturated carbocycles. The van der Waals surface area contributed by atoms with Crippen LogP contribution in [0, 0.1) is 0 Å². The van der Waals surface area contributed by atoms with E-state index < -0.39 is 17.2 Å². The molecule has 26 heavy (non-hydrogen) atoms. The standard InChI is InChI=1S/C17H22N4O4S/c1-3-8-21-15(18)14(16(23)19-17(21)24)20(9-10-25-2)13(22)7-6-12-5-4-11-26-12/h4-7,11H,3,8-10,18H2,1-2H3,(H,19,23,24). The van der Waals surface area contributed by atoms with E-state index >= 15 is 0 Å². The summed E-state index contributed by atoms with van der Waals surface area (Å²) >= 11 is 1.49. The van der Waals surface area contributed by atoms with Gasteiger partial charge in [0.05, 0.1) is 6.61 Å². The van der Waals surface area contributed by atoms with Crippen LogP contribution in [-0.4, -0.2) is 35.7 Å². The molecule has 9 heteroatoms. The maximum absolute atomic E-state index is 12.7. The normalized spacial score (nSPS) is 11.2. The van der Waals surface area contributed by atoms with Crippen molar-refractivity contribution >= 4 is 34.8 Å². The molecule has 8 nitrogen and oxygen atoms in total. The summed E-state index contributed by atoms with van der Waals surface area (Å²) in [7, 11) is 1.50. The van der Waals surface area contributed by atoms with Crippen molar-refractivity contribution in [1.82, 2.24) is 9.55 Å². The average molecular weight is 378 g/mol. The number of methoxy groups -OCH3 is 1. The lowest BCUT2D eigenvalue weighted by Crippen LogP contribution is -2.42. The number of aromatic amines is 1. The van der Waals surface area contributed by atoms with Gasteiger partial charge in [-0.1, -0.05) is 13.0 Å². The molecule has 0 unspecified atom stereocenters. The number of aromatic nitrogens is 2. The van der Waals surface area contributed by atoms with Gasteiger partial charge in [0, 0.05) is 31.2 Å². The number of thiophene rings is 1. The summed E-state index contributed by atoms with van der Waals surface area (Å²) in [5, 5.41) is 1.90. The molecule has 2 heterocycles. The highest BCUT2D eigenvalue weighted by atomic mass is 32.1. The number of H-pyrrole nitrogens is 1. The second-order valence-electron chi connectivity index (χ2n) is 5.48. The molecule has 3 N–H and O–H groups in total. The number of anilines is 2. The van der Waals surface area contributed by atoms with E-state index in [-0.39, 0.29) is 24.7 Å². The van der Waals surface area contributed by atoms with Crippen LogP contribution in [0.5, 0.6) is 0 Å². The molecule has 0 atom stereocenters. The predicted octanol–water partition coefficient (Wildman–Crippen LogP) is 1.28. The van der Waals surface area contributed by atoms with Crippen LogP contribution in [0.15, 0.2) is 33.2 Å². The Morgan fingerprint density at radius 2 is 2.23 bits per heavy atom. The maximum Gasteiger partial charge on any atom is 0.330 e. The van der Waals surface area contributed by atoms with Crippen LogP contribution in [0.2, 0.25) is 0 Å². The molecule has 0 aromatic carbocycles. The van der Waals surface area contributed by atoms with Crippen molar-refractivity contribution < 1.29 is 9.53 Å². The van der Waals surface area contributed by atoms with Crippen molar-refractivity contribution in [2.45, 2.75) is 19.9 Å². The number of nitrogen functional groups attached to an aromatic ring is 1. The molecule has 1 amide bonds. The molecular formula is C17H22N4O4S. The fourth-order valence-corrected chi connectivity index (χ4v) is 3.05. The third-order valence-electron chi connectivity index (χ3n) is 3.65. The summed E-state index contributed by atoms with van der Waals surface area (Å²) in [6.45, 7) is 2.56. The van der Waals surface area contributed by atoms with Crippen molar-refractivity contribution in [3.05, 3.63) is 49.3 Å². The van der Waals surface area contributed by atoms with Gasteiger partial charge in [-0.3, -0.25) is 24.0 Å². The largest absolute Gasteiger partial charge is 0.383 e. The molecule has 2 aromatic rings. The van der Waals surface area contributed by atoms with E-state index in [0.29, 0.717) is 13.0 Å². The summed E-state index contributed by atoms with van der Waals surface area (Å²) in [6.07, 6.45) is 3.69. The lowest BCUT2D eigenvalue weighted by molar-refractivity contribution is -0.114. The Labute approximate surface area is 154 Å². The van der Waals surface area contributed by atoms with Crippen molar-refractivity contribution in [3.8, 4) is 0 Å². The minimum atomic E-state index is -0.700. The molecule has 0 spiro atoms. The van der Waals surface area contributed by atoms with Crippen LogP contribution in [0.3, 0.4) is 0 Å². The molecule has 0 fully saturated rings. The Balaban J connectivity index is 2.46. The zero-order chi connectivity index (χ0) is 19.1. The van der Waals surface area contributed by atoms with Gasteiger partial charge in [-0.05, 0) is 23.9 Å². The third kappa shape index (κ3) is 4.50. The van der Waals surface area contributed by atoms with Crippen LogP contribution in [0.1, 0.15) is 18.2 Å². The second kappa shape index (κ2) is 9.16. The first-order valence-electron chi connectivity index (χ1n) is 8.14. The lowest BCUT2D eigenvalue weighted by Gasteiger charge is -2.23. The number of hydrogen-bond donors (Lipinski definition) is 2. The summed E-state index contributed by atoms with van der Waals surface area (Å²) in [4.78, 5) is 41.4. The minimum Gasteiger partial charge on any atom is -0.383 e. The number of carbonyl (C=O) groups excluding carboxylic acids is 1. The SMILES string of the molecule is CCCn1c(N)c(N(CCOC)C(=O)C=Cc2cccs2)c(=O)[nH]c1=O. The fraction of sp³-hybridized carbons (Fsp3) is 0.353. The predicted molar refractivity (Wildman–Crippen MR) is 104 cm³/mol. The smallest absolute Gasteiger partial charge is 0.330 e. The van der Waals surface area contributed by atoms with E-state index in [9.17, 15) is 14.4 Å². The van der Waals surface area contributed by atoms with Crippen LogP contribution in [0.25, 0.3) is 6.08 Å². The second-order valence-corrected chi connectivity index (χ2v) is 6.46. The van der Waals surface area contributed by atoms with Gasteiger partial charge in [-0.15, -0.1) is 11.3 Å². The van der Waals surface area contributed by atoms with Gasteiger partial charge in [0.15, 0.2) is 5.69 Å². The molecule has 0 aliphatic heterocycles. The molecule has 140 valence electrons. The number of nitrogens with one attached hydrogen (secondary N) is 1. The minimum absolute atomic E-state index is 0.0328. The number of amides is 1. The topological polar surface area (TPSA) is 110 Å². The number of rotatable bonds is 8. The zero-order valence-electron chi connectivity index (χ0n) is 14.7. The Hall–Kier alpha value is -2.65. The van der Waals surface area contributed by atoms with E-state index in [4.69, 9.17) is 10.5 Å². The summed E-state index contributed by atoms with van der Waals surface area (Å²) in [5.41, 5.74) is 4.72. The number of ether oxygens (including phenoxy) is 1. The molecule has 2 aromatic heterocycles. The van der Waals surface area contributed by atoms with Gasteiger partial charge in [-0.2, -0.15) is 0 Å². The highest BCUT2D eigenvalue weighted by Gasteiger charge is 2.22. The first-order valence-corrected chi connectivity index (χ1v) is 9.02. The van der Waals surface area contributed by atoms with Gasteiger partial charge >= 0.3 is 5.69 Å². The Morgan fingerprint density at radius 3 is 2.85 bits per heavy atom. The van der Waals surface area contributed by atoms with Crippen LogP contribution < -0.4 is 21.9 Å². The lowest BCUT2D eigenvalue weighted by atomic mass is 10.3. The molecule has 0 bridgehead atoms. The summed E-state index contributed by atoms with van der Waals surface area (Å²) in [5.74, 6) is -0.455. The molecule has 2 rings (SSSR count). The molecule has 0 aliphatic carbocycles. The first kappa shape index (κ1) is 19.7. The van der Waals surface area contributed by atoms with Crippen molar-refractivity contribution in [2.24, 2.45) is 0 Å². The average Bonchev–Trinajstić information content (AvgIpc) is 3.12. The van der Waals surface area contributed by atoms with Gasteiger partial charge in [0.2, 0.25) is 0 Å². The summed E-state index contributed by atoms with van der Waals surface area (Å²) in [6, 6.07) is 3.75. The van der Waals surface area contributed by atoms with Gasteiger partial charge in [0.1, 0.15) is 5.82 Å². The zero-order valence-corrected chi connectivity index (χ0v) is 15.5. The third-order valence-corrected chi connectivity index (χ3v) is 4.49. The van der Waals surface area contributed by atoms with Gasteiger partial charge in [-0.25, -0.2) is 4.79 Å². The number of hydrogen-bond acceptors (Lipinski definition) is 6. The van der Waals surface area contributed by atoms with Crippen LogP contribution >= 0.6 is 11.3 Å². The number of carbonyl (C=O) groups is 1. The Bertz CT molecular complexity index is 883. The quantitative estimate of drug-likeness (QED) is 0.673. The van der Waals surface area contributed by atoms with Gasteiger partial charge < -0.3 is 10.5 Å². The van der Waals surface area contributed by atoms with E-state index in [0.717, 1.165) is 4.88 Å². The van der Waals surface area contributed by atoms with Crippen molar-refractivity contribution in [2.75, 3.05) is 30.9 Å². The molecule has 0 radical (unpaired) electrons. The highest BCUT2D eigenvalue weighted by molar-refractivity contribution is 7.10. The van der Waals surface area contributed by atoms with Crippen molar-refractivity contribution in [1.29, 1.82) is 0 Å². The maximum atomic E-state index is 12.7. The highest BCUT2D eigenvalue weighted by Crippen LogP contribution is 2.18. The van der Waals surface area contributed by atoms with Crippen LogP contribution in [0.4, 0.5) is 11.5 Å². The fourth-order valence-electron chi connectivity index (χ4n) is 2.43. The Morgan fingerprint density at radius 1 is 1.46 bits per heavy atom. The van der Waals surface area contributed by atoms with E-state index in [1.54, 1.807) is 6.08 Å². The van der Waals surface area contributed by atoms with Crippen molar-refractivity contribution in [3.63, 3.8) is 0 Å². The number of nitrogens with zero attached hydrogens (tertiary/aromatic N) is 2. The van der Waals surface area contributed by atoms with E-state index in [1.807, 2.05) is 24.4 Å². The Kier molecular flexibility index (Phi) is 6.93.